The number of likely N-dealkylation sites (tertiary alicyclic amines) is 1. The van der Waals surface area contributed by atoms with E-state index in [0.717, 1.165) is 0 Å². The predicted molar refractivity (Wildman–Crippen MR) is 65.7 cm³/mol. The first-order chi connectivity index (χ1) is 9.40. The first kappa shape index (κ1) is 16.2. The van der Waals surface area contributed by atoms with Crippen molar-refractivity contribution in [1.82, 2.24) is 4.90 Å². The summed E-state index contributed by atoms with van der Waals surface area (Å²) in [6, 6.07) is -0.803. The lowest BCUT2D eigenvalue weighted by atomic mass is 10.1. The summed E-state index contributed by atoms with van der Waals surface area (Å²) >= 11 is 0. The molecular weight excluding hydrogens is 270 g/mol. The smallest absolute Gasteiger partial charge is 0.410 e. The molecule has 114 valence electrons. The van der Waals surface area contributed by atoms with Crippen molar-refractivity contribution in [3.8, 4) is 0 Å². The van der Waals surface area contributed by atoms with Crippen LogP contribution < -0.4 is 0 Å². The molecule has 0 radical (unpaired) electrons. The minimum absolute atomic E-state index is 0.00157. The maximum absolute atomic E-state index is 11.8. The molecule has 1 saturated heterocycles. The fraction of sp³-hybridized carbons (Fsp3) is 0.750. The highest BCUT2D eigenvalue weighted by atomic mass is 16.6. The molecule has 3 atom stereocenters. The maximum atomic E-state index is 11.8. The van der Waals surface area contributed by atoms with Crippen LogP contribution in [0.15, 0.2) is 0 Å². The van der Waals surface area contributed by atoms with Crippen molar-refractivity contribution in [3.63, 3.8) is 0 Å². The lowest BCUT2D eigenvalue weighted by Gasteiger charge is -2.25. The molecule has 0 aromatic carbocycles. The second-order valence-corrected chi connectivity index (χ2v) is 4.32. The van der Waals surface area contributed by atoms with Crippen LogP contribution in [0.1, 0.15) is 20.8 Å². The predicted octanol–water partition coefficient (Wildman–Crippen LogP) is -0.317. The van der Waals surface area contributed by atoms with Crippen LogP contribution in [0.4, 0.5) is 4.79 Å². The lowest BCUT2D eigenvalue weighted by Crippen LogP contribution is -2.44. The molecule has 0 aromatic heterocycles. The molecule has 1 fully saturated rings. The second-order valence-electron chi connectivity index (χ2n) is 4.32. The number of carbonyl (C=O) groups excluding carboxylic acids is 3. The SMILES string of the molecule is CCOC(=O)N1C[C@H](OC(C)=O)[C@H](OC(C)=O)[C@H]1CO. The topological polar surface area (TPSA) is 102 Å². The minimum atomic E-state index is -0.911. The Morgan fingerprint density at radius 2 is 1.80 bits per heavy atom. The van der Waals surface area contributed by atoms with E-state index in [2.05, 4.69) is 0 Å². The number of hydrogen-bond donors (Lipinski definition) is 1. The van der Waals surface area contributed by atoms with E-state index in [1.807, 2.05) is 0 Å². The molecule has 1 aliphatic heterocycles. The Balaban J connectivity index is 2.91. The molecule has 0 saturated carbocycles. The third-order valence-electron chi connectivity index (χ3n) is 2.83. The number of rotatable bonds is 4. The summed E-state index contributed by atoms with van der Waals surface area (Å²) in [5, 5.41) is 9.41. The second kappa shape index (κ2) is 7.09. The number of carbonyl (C=O) groups is 3. The molecule has 0 aliphatic carbocycles. The van der Waals surface area contributed by atoms with Crippen molar-refractivity contribution in [2.75, 3.05) is 19.8 Å². The molecule has 8 heteroatoms. The van der Waals surface area contributed by atoms with Gasteiger partial charge < -0.3 is 19.3 Å². The Bertz CT molecular complexity index is 384. The molecule has 0 unspecified atom stereocenters. The van der Waals surface area contributed by atoms with E-state index in [1.54, 1.807) is 6.92 Å². The molecule has 1 rings (SSSR count). The van der Waals surface area contributed by atoms with Gasteiger partial charge in [0.15, 0.2) is 12.2 Å². The number of aliphatic hydroxyl groups excluding tert-OH is 1. The van der Waals surface area contributed by atoms with Gasteiger partial charge in [-0.15, -0.1) is 0 Å². The van der Waals surface area contributed by atoms with E-state index in [1.165, 1.54) is 18.7 Å². The van der Waals surface area contributed by atoms with E-state index in [0.29, 0.717) is 0 Å². The van der Waals surface area contributed by atoms with Crippen molar-refractivity contribution in [2.45, 2.75) is 39.0 Å². The Morgan fingerprint density at radius 3 is 2.25 bits per heavy atom. The zero-order chi connectivity index (χ0) is 15.3. The quantitative estimate of drug-likeness (QED) is 0.559. The molecule has 1 heterocycles. The average molecular weight is 289 g/mol. The number of ether oxygens (including phenoxy) is 3. The zero-order valence-electron chi connectivity index (χ0n) is 11.7. The lowest BCUT2D eigenvalue weighted by molar-refractivity contribution is -0.163. The van der Waals surface area contributed by atoms with Crippen molar-refractivity contribution in [1.29, 1.82) is 0 Å². The third kappa shape index (κ3) is 3.83. The van der Waals surface area contributed by atoms with Crippen LogP contribution >= 0.6 is 0 Å². The van der Waals surface area contributed by atoms with Crippen LogP contribution in [0.5, 0.6) is 0 Å². The maximum Gasteiger partial charge on any atom is 0.410 e. The van der Waals surface area contributed by atoms with Gasteiger partial charge in [0.25, 0.3) is 0 Å². The molecule has 1 N–H and O–H groups in total. The first-order valence-electron chi connectivity index (χ1n) is 6.29. The fourth-order valence-corrected chi connectivity index (χ4v) is 2.14. The van der Waals surface area contributed by atoms with Gasteiger partial charge >= 0.3 is 18.0 Å². The number of nitrogens with zero attached hydrogens (tertiary/aromatic N) is 1. The molecule has 1 aliphatic rings. The van der Waals surface area contributed by atoms with Gasteiger partial charge in [-0.1, -0.05) is 0 Å². The van der Waals surface area contributed by atoms with Crippen LogP contribution in [-0.4, -0.2) is 66.0 Å². The summed E-state index contributed by atoms with van der Waals surface area (Å²) in [5.41, 5.74) is 0. The molecule has 1 amide bonds. The van der Waals surface area contributed by atoms with Crippen molar-refractivity contribution < 1.29 is 33.7 Å². The Kier molecular flexibility index (Phi) is 5.75. The van der Waals surface area contributed by atoms with Gasteiger partial charge in [-0.05, 0) is 6.92 Å². The van der Waals surface area contributed by atoms with Gasteiger partial charge in [-0.3, -0.25) is 14.5 Å². The third-order valence-corrected chi connectivity index (χ3v) is 2.83. The monoisotopic (exact) mass is 289 g/mol. The van der Waals surface area contributed by atoms with Gasteiger partial charge in [0, 0.05) is 13.8 Å². The Hall–Kier alpha value is -1.83. The van der Waals surface area contributed by atoms with Gasteiger partial charge in [-0.25, -0.2) is 4.79 Å². The van der Waals surface area contributed by atoms with Crippen LogP contribution in [0.25, 0.3) is 0 Å². The van der Waals surface area contributed by atoms with E-state index in [4.69, 9.17) is 14.2 Å². The highest BCUT2D eigenvalue weighted by Gasteiger charge is 2.48. The Morgan fingerprint density at radius 1 is 1.20 bits per heavy atom. The summed E-state index contributed by atoms with van der Waals surface area (Å²) in [7, 11) is 0. The van der Waals surface area contributed by atoms with E-state index in [-0.39, 0.29) is 13.2 Å². The largest absolute Gasteiger partial charge is 0.457 e. The summed E-state index contributed by atoms with van der Waals surface area (Å²) in [4.78, 5) is 35.2. The van der Waals surface area contributed by atoms with Crippen molar-refractivity contribution >= 4 is 18.0 Å². The normalized spacial score (nSPS) is 25.2. The molecule has 0 aromatic rings. The molecule has 8 nitrogen and oxygen atoms in total. The molecule has 20 heavy (non-hydrogen) atoms. The highest BCUT2D eigenvalue weighted by molar-refractivity contribution is 5.70. The minimum Gasteiger partial charge on any atom is -0.457 e. The van der Waals surface area contributed by atoms with Gasteiger partial charge in [-0.2, -0.15) is 0 Å². The molecular formula is C12H19NO7. The molecule has 0 spiro atoms. The number of esters is 2. The van der Waals surface area contributed by atoms with E-state index >= 15 is 0 Å². The standard InChI is InChI=1S/C12H19NO7/c1-4-18-12(17)13-5-10(19-7(2)15)11(9(13)6-14)20-8(3)16/h9-11,14H,4-6H2,1-3H3/t9-,10+,11-/m1/s1. The number of hydrogen-bond acceptors (Lipinski definition) is 7. The number of aliphatic hydroxyl groups is 1. The summed E-state index contributed by atoms with van der Waals surface area (Å²) in [6.45, 7) is 3.80. The average Bonchev–Trinajstić information content (AvgIpc) is 2.66. The van der Waals surface area contributed by atoms with Crippen LogP contribution in [0, 0.1) is 0 Å². The van der Waals surface area contributed by atoms with Crippen LogP contribution in [0.3, 0.4) is 0 Å². The highest BCUT2D eigenvalue weighted by Crippen LogP contribution is 2.25. The van der Waals surface area contributed by atoms with Crippen molar-refractivity contribution in [3.05, 3.63) is 0 Å². The summed E-state index contributed by atoms with van der Waals surface area (Å²) < 4.78 is 15.0. The fourth-order valence-electron chi connectivity index (χ4n) is 2.14. The van der Waals surface area contributed by atoms with Gasteiger partial charge in [0.05, 0.1) is 25.8 Å². The van der Waals surface area contributed by atoms with Gasteiger partial charge in [0.2, 0.25) is 0 Å². The first-order valence-corrected chi connectivity index (χ1v) is 6.29. The summed E-state index contributed by atoms with van der Waals surface area (Å²) in [5.74, 6) is -1.15. The van der Waals surface area contributed by atoms with Crippen LogP contribution in [0.2, 0.25) is 0 Å². The van der Waals surface area contributed by atoms with Crippen LogP contribution in [-0.2, 0) is 23.8 Å². The van der Waals surface area contributed by atoms with Crippen molar-refractivity contribution in [2.24, 2.45) is 0 Å². The summed E-state index contributed by atoms with van der Waals surface area (Å²) in [6.07, 6.45) is -2.39. The zero-order valence-corrected chi connectivity index (χ0v) is 11.7. The van der Waals surface area contributed by atoms with E-state index < -0.39 is 42.9 Å². The number of amides is 1. The van der Waals surface area contributed by atoms with Gasteiger partial charge in [0.1, 0.15) is 0 Å². The molecule has 0 bridgehead atoms. The Labute approximate surface area is 116 Å². The van der Waals surface area contributed by atoms with E-state index in [9.17, 15) is 19.5 Å².